The molecule has 0 aromatic heterocycles. The van der Waals surface area contributed by atoms with Crippen molar-refractivity contribution < 1.29 is 0 Å². The van der Waals surface area contributed by atoms with Crippen molar-refractivity contribution >= 4 is 23.4 Å². The monoisotopic (exact) mass is 162 g/mol. The summed E-state index contributed by atoms with van der Waals surface area (Å²) in [5.41, 5.74) is 2.11. The van der Waals surface area contributed by atoms with Gasteiger partial charge in [0.1, 0.15) is 0 Å². The van der Waals surface area contributed by atoms with Crippen LogP contribution in [0, 0.1) is 11.5 Å². The first-order chi connectivity index (χ1) is 5.38. The third-order valence-corrected chi connectivity index (χ3v) is 1.46. The summed E-state index contributed by atoms with van der Waals surface area (Å²) in [6.45, 7) is 0. The molecular formula is C8H6N2S. The number of benzene rings is 1. The molecule has 0 bridgehead atoms. The van der Waals surface area contributed by atoms with Crippen LogP contribution in [0.2, 0.25) is 0 Å². The van der Waals surface area contributed by atoms with E-state index in [9.17, 15) is 0 Å². The highest BCUT2D eigenvalue weighted by Gasteiger charge is 1.97. The first-order valence-electron chi connectivity index (χ1n) is 3.08. The lowest BCUT2D eigenvalue weighted by atomic mass is 10.3. The molecule has 0 atom stereocenters. The van der Waals surface area contributed by atoms with Crippen LogP contribution in [-0.4, -0.2) is 5.49 Å². The minimum absolute atomic E-state index is 0.796. The fourth-order valence-electron chi connectivity index (χ4n) is 0.731. The van der Waals surface area contributed by atoms with E-state index in [4.69, 9.17) is 5.26 Å². The van der Waals surface area contributed by atoms with Crippen LogP contribution >= 0.6 is 12.2 Å². The molecule has 0 saturated heterocycles. The van der Waals surface area contributed by atoms with Gasteiger partial charge in [0, 0.05) is 0 Å². The Morgan fingerprint density at radius 3 is 2.45 bits per heavy atom. The quantitative estimate of drug-likeness (QED) is 0.377. The molecule has 0 unspecified atom stereocenters. The summed E-state index contributed by atoms with van der Waals surface area (Å²) in [5.74, 6) is 0. The van der Waals surface area contributed by atoms with E-state index in [-0.39, 0.29) is 0 Å². The topological polar surface area (TPSA) is 27.0 Å². The predicted molar refractivity (Wildman–Crippen MR) is 48.2 cm³/mol. The first kappa shape index (κ1) is 7.70. The number of thiocarbonyl (C=S) groups is 1. The molecule has 0 aliphatic heterocycles. The van der Waals surface area contributed by atoms with E-state index in [1.54, 1.807) is 0 Å². The maximum atomic E-state index is 8.56. The van der Waals surface area contributed by atoms with Gasteiger partial charge in [-0.15, -0.1) is 0 Å². The zero-order chi connectivity index (χ0) is 8.10. The van der Waals surface area contributed by atoms with Crippen molar-refractivity contribution in [3.8, 4) is 6.19 Å². The average molecular weight is 162 g/mol. The second-order valence-corrected chi connectivity index (χ2v) is 2.12. The Labute approximate surface area is 70.7 Å². The zero-order valence-electron chi connectivity index (χ0n) is 5.77. The van der Waals surface area contributed by atoms with Crippen molar-refractivity contribution in [3.05, 3.63) is 30.3 Å². The van der Waals surface area contributed by atoms with E-state index >= 15 is 0 Å². The summed E-state index contributed by atoms with van der Waals surface area (Å²) < 4.78 is 0. The molecule has 0 spiro atoms. The Balaban J connectivity index is 2.93. The van der Waals surface area contributed by atoms with E-state index in [0.717, 1.165) is 5.69 Å². The Morgan fingerprint density at radius 1 is 1.36 bits per heavy atom. The van der Waals surface area contributed by atoms with Gasteiger partial charge in [0.2, 0.25) is 0 Å². The first-order valence-corrected chi connectivity index (χ1v) is 3.55. The summed E-state index contributed by atoms with van der Waals surface area (Å²) in [6.07, 6.45) is 1.94. The average Bonchev–Trinajstić information content (AvgIpc) is 2.09. The molecule has 0 heterocycles. The number of anilines is 1. The molecular weight excluding hydrogens is 156 g/mol. The van der Waals surface area contributed by atoms with Gasteiger partial charge in [0.05, 0.1) is 11.2 Å². The molecule has 3 heteroatoms. The van der Waals surface area contributed by atoms with Gasteiger partial charge in [-0.25, -0.2) is 4.90 Å². The summed E-state index contributed by atoms with van der Waals surface area (Å²) in [7, 11) is 0. The van der Waals surface area contributed by atoms with Crippen molar-refractivity contribution in [2.45, 2.75) is 0 Å². The Kier molecular flexibility index (Phi) is 2.59. The van der Waals surface area contributed by atoms with Crippen LogP contribution < -0.4 is 4.90 Å². The minimum atomic E-state index is 0.796. The van der Waals surface area contributed by atoms with E-state index in [1.807, 2.05) is 36.5 Å². The minimum Gasteiger partial charge on any atom is -0.244 e. The third kappa shape index (κ3) is 1.76. The second kappa shape index (κ2) is 3.69. The molecule has 0 radical (unpaired) electrons. The normalized spacial score (nSPS) is 8.27. The SMILES string of the molecule is N#CN(C=S)c1ccccc1. The van der Waals surface area contributed by atoms with Crippen molar-refractivity contribution in [3.63, 3.8) is 0 Å². The number of para-hydroxylation sites is 1. The molecule has 0 aliphatic rings. The van der Waals surface area contributed by atoms with E-state index in [1.165, 1.54) is 10.4 Å². The molecule has 0 saturated carbocycles. The fourth-order valence-corrected chi connectivity index (χ4v) is 0.900. The van der Waals surface area contributed by atoms with E-state index in [2.05, 4.69) is 12.2 Å². The predicted octanol–water partition coefficient (Wildman–Crippen LogP) is 1.93. The lowest BCUT2D eigenvalue weighted by molar-refractivity contribution is 1.36. The summed E-state index contributed by atoms with van der Waals surface area (Å²) >= 11 is 4.63. The van der Waals surface area contributed by atoms with E-state index < -0.39 is 0 Å². The van der Waals surface area contributed by atoms with Crippen LogP contribution in [0.15, 0.2) is 30.3 Å². The van der Waals surface area contributed by atoms with Crippen molar-refractivity contribution in [1.82, 2.24) is 0 Å². The van der Waals surface area contributed by atoms with Crippen molar-refractivity contribution in [1.29, 1.82) is 5.26 Å². The van der Waals surface area contributed by atoms with Crippen LogP contribution in [0.25, 0.3) is 0 Å². The van der Waals surface area contributed by atoms with Gasteiger partial charge in [0.15, 0.2) is 6.19 Å². The summed E-state index contributed by atoms with van der Waals surface area (Å²) in [4.78, 5) is 1.33. The Hall–Kier alpha value is -1.40. The lowest BCUT2D eigenvalue weighted by Crippen LogP contribution is -2.10. The summed E-state index contributed by atoms with van der Waals surface area (Å²) in [5, 5.41) is 8.56. The van der Waals surface area contributed by atoms with E-state index in [0.29, 0.717) is 0 Å². The number of hydrogen-bond donors (Lipinski definition) is 0. The highest BCUT2D eigenvalue weighted by Crippen LogP contribution is 2.09. The molecule has 2 nitrogen and oxygen atoms in total. The van der Waals surface area contributed by atoms with Gasteiger partial charge in [-0.2, -0.15) is 5.26 Å². The van der Waals surface area contributed by atoms with Gasteiger partial charge >= 0.3 is 0 Å². The maximum absolute atomic E-state index is 8.56. The van der Waals surface area contributed by atoms with Gasteiger partial charge in [-0.05, 0) is 12.1 Å². The van der Waals surface area contributed by atoms with Crippen molar-refractivity contribution in [2.24, 2.45) is 0 Å². The highest BCUT2D eigenvalue weighted by atomic mass is 32.1. The number of nitriles is 1. The standard InChI is InChI=1S/C8H6N2S/c9-6-10(7-11)8-4-2-1-3-5-8/h1-5,7H. The summed E-state index contributed by atoms with van der Waals surface area (Å²) in [6, 6.07) is 9.26. The second-order valence-electron chi connectivity index (χ2n) is 1.91. The van der Waals surface area contributed by atoms with Gasteiger partial charge in [0.25, 0.3) is 0 Å². The molecule has 54 valence electrons. The maximum Gasteiger partial charge on any atom is 0.189 e. The largest absolute Gasteiger partial charge is 0.244 e. The number of nitrogens with zero attached hydrogens (tertiary/aromatic N) is 2. The molecule has 0 amide bonds. The molecule has 0 aliphatic carbocycles. The zero-order valence-corrected chi connectivity index (χ0v) is 6.58. The van der Waals surface area contributed by atoms with Crippen LogP contribution in [0.3, 0.4) is 0 Å². The highest BCUT2D eigenvalue weighted by molar-refractivity contribution is 7.79. The fraction of sp³-hybridized carbons (Fsp3) is 0. The van der Waals surface area contributed by atoms with Crippen LogP contribution in [-0.2, 0) is 0 Å². The molecule has 1 aromatic carbocycles. The molecule has 0 fully saturated rings. The van der Waals surface area contributed by atoms with Gasteiger partial charge < -0.3 is 0 Å². The Morgan fingerprint density at radius 2 is 2.00 bits per heavy atom. The van der Waals surface area contributed by atoms with Crippen LogP contribution in [0.5, 0.6) is 0 Å². The Bertz CT molecular complexity index is 276. The van der Waals surface area contributed by atoms with Crippen LogP contribution in [0.1, 0.15) is 0 Å². The molecule has 0 N–H and O–H groups in total. The molecule has 1 rings (SSSR count). The van der Waals surface area contributed by atoms with Crippen molar-refractivity contribution in [2.75, 3.05) is 4.90 Å². The smallest absolute Gasteiger partial charge is 0.189 e. The molecule has 11 heavy (non-hydrogen) atoms. The third-order valence-electron chi connectivity index (χ3n) is 1.25. The number of rotatable bonds is 2. The van der Waals surface area contributed by atoms with Crippen LogP contribution in [0.4, 0.5) is 5.69 Å². The van der Waals surface area contributed by atoms with Gasteiger partial charge in [-0.1, -0.05) is 30.4 Å². The van der Waals surface area contributed by atoms with Gasteiger partial charge in [-0.3, -0.25) is 0 Å². The number of hydrogen-bond acceptors (Lipinski definition) is 2. The molecule has 1 aromatic rings. The lowest BCUT2D eigenvalue weighted by Gasteiger charge is -2.06.